The molecule has 2 aliphatic heterocycles. The van der Waals surface area contributed by atoms with Gasteiger partial charge >= 0.3 is 5.63 Å². The summed E-state index contributed by atoms with van der Waals surface area (Å²) in [5, 5.41) is 0.740. The summed E-state index contributed by atoms with van der Waals surface area (Å²) in [6, 6.07) is 1.53. The molecule has 1 unspecified atom stereocenters. The van der Waals surface area contributed by atoms with E-state index >= 15 is 0 Å². The van der Waals surface area contributed by atoms with Gasteiger partial charge in [-0.15, -0.1) is 0 Å². The highest BCUT2D eigenvalue weighted by atomic mass is 16.5. The van der Waals surface area contributed by atoms with Crippen LogP contribution in [0.15, 0.2) is 21.4 Å². The zero-order valence-corrected chi connectivity index (χ0v) is 17.2. The molecule has 2 aromatic rings. The minimum absolute atomic E-state index is 0.0405. The first kappa shape index (κ1) is 18.5. The number of aryl methyl sites for hydroxylation is 1. The van der Waals surface area contributed by atoms with Gasteiger partial charge in [-0.3, -0.25) is 4.79 Å². The summed E-state index contributed by atoms with van der Waals surface area (Å²) in [6.07, 6.45) is 9.23. The molecule has 0 saturated heterocycles. The number of hydrogen-bond acceptors (Lipinski definition) is 5. The first-order valence-corrected chi connectivity index (χ1v) is 10.7. The predicted octanol–water partition coefficient (Wildman–Crippen LogP) is 5.06. The number of carbonyl (C=O) groups excluding carboxylic acids is 1. The maximum Gasteiger partial charge on any atom is 0.336 e. The molecule has 0 spiro atoms. The maximum atomic E-state index is 13.6. The molecule has 5 nitrogen and oxygen atoms in total. The number of rotatable bonds is 2. The van der Waals surface area contributed by atoms with E-state index < -0.39 is 11.2 Å². The van der Waals surface area contributed by atoms with Crippen LogP contribution in [0.5, 0.6) is 11.5 Å². The SMILES string of the molecule is CCCc1cc(=O)oc2c3c(c4c(c12)OC(C)(C)C=C4)OC1CCCC[C@H]1C3=O. The summed E-state index contributed by atoms with van der Waals surface area (Å²) >= 11 is 0. The summed E-state index contributed by atoms with van der Waals surface area (Å²) < 4.78 is 18.4. The highest BCUT2D eigenvalue weighted by Crippen LogP contribution is 2.50. The monoisotopic (exact) mass is 394 g/mol. The van der Waals surface area contributed by atoms with E-state index in [4.69, 9.17) is 13.9 Å². The Morgan fingerprint density at radius 2 is 1.93 bits per heavy atom. The van der Waals surface area contributed by atoms with Crippen LogP contribution in [-0.4, -0.2) is 17.5 Å². The summed E-state index contributed by atoms with van der Waals surface area (Å²) in [5.41, 5.74) is 1.46. The van der Waals surface area contributed by atoms with Crippen molar-refractivity contribution in [1.29, 1.82) is 0 Å². The minimum Gasteiger partial charge on any atom is -0.488 e. The fraction of sp³-hybridized carbons (Fsp3) is 0.500. The van der Waals surface area contributed by atoms with Gasteiger partial charge in [0.2, 0.25) is 0 Å². The lowest BCUT2D eigenvalue weighted by molar-refractivity contribution is 0.0521. The van der Waals surface area contributed by atoms with Crippen LogP contribution in [0.25, 0.3) is 17.0 Å². The van der Waals surface area contributed by atoms with Gasteiger partial charge in [0.1, 0.15) is 28.8 Å². The highest BCUT2D eigenvalue weighted by Gasteiger charge is 2.43. The number of hydrogen-bond donors (Lipinski definition) is 0. The first-order chi connectivity index (χ1) is 13.9. The van der Waals surface area contributed by atoms with Crippen LogP contribution in [0.4, 0.5) is 0 Å². The van der Waals surface area contributed by atoms with Crippen molar-refractivity contribution in [3.8, 4) is 11.5 Å². The molecule has 0 amide bonds. The Kier molecular flexibility index (Phi) is 4.12. The average Bonchev–Trinajstić information content (AvgIpc) is 2.67. The first-order valence-electron chi connectivity index (χ1n) is 10.7. The molecule has 5 heteroatoms. The molecular formula is C24H26O5. The molecule has 2 atom stereocenters. The Morgan fingerprint density at radius 3 is 2.72 bits per heavy atom. The van der Waals surface area contributed by atoms with E-state index in [-0.39, 0.29) is 17.8 Å². The minimum atomic E-state index is -0.500. The lowest BCUT2D eigenvalue weighted by atomic mass is 9.78. The Labute approximate surface area is 169 Å². The molecule has 3 aliphatic rings. The quantitative estimate of drug-likeness (QED) is 0.666. The molecular weight excluding hydrogens is 368 g/mol. The number of Topliss-reactive ketones (excluding diaryl/α,β-unsaturated/α-hetero) is 1. The predicted molar refractivity (Wildman–Crippen MR) is 111 cm³/mol. The number of benzene rings is 1. The van der Waals surface area contributed by atoms with E-state index in [0.717, 1.165) is 48.6 Å². The number of fused-ring (bicyclic) bond motifs is 7. The van der Waals surface area contributed by atoms with Crippen LogP contribution >= 0.6 is 0 Å². The Balaban J connectivity index is 1.88. The van der Waals surface area contributed by atoms with Crippen molar-refractivity contribution < 1.29 is 18.7 Å². The van der Waals surface area contributed by atoms with Crippen LogP contribution < -0.4 is 15.1 Å². The molecule has 1 aromatic carbocycles. The van der Waals surface area contributed by atoms with E-state index in [0.29, 0.717) is 29.1 Å². The van der Waals surface area contributed by atoms with Crippen LogP contribution in [0, 0.1) is 5.92 Å². The Morgan fingerprint density at radius 1 is 1.14 bits per heavy atom. The molecule has 1 fully saturated rings. The van der Waals surface area contributed by atoms with Gasteiger partial charge in [0, 0.05) is 6.07 Å². The smallest absolute Gasteiger partial charge is 0.336 e. The molecule has 1 aromatic heterocycles. The summed E-state index contributed by atoms with van der Waals surface area (Å²) in [6.45, 7) is 6.04. The van der Waals surface area contributed by atoms with E-state index in [1.54, 1.807) is 0 Å². The standard InChI is InChI=1S/C24H26O5/c1-4-7-13-12-17(25)28-23-18(13)22-15(10-11-24(2,3)29-22)21-19(23)20(26)14-8-5-6-9-16(14)27-21/h10-12,14,16H,4-9H2,1-3H3/t14-,16?/m1/s1. The van der Waals surface area contributed by atoms with Crippen molar-refractivity contribution in [1.82, 2.24) is 0 Å². The Hall–Kier alpha value is -2.56. The van der Waals surface area contributed by atoms with Gasteiger partial charge in [0.25, 0.3) is 0 Å². The third-order valence-electron chi connectivity index (χ3n) is 6.30. The topological polar surface area (TPSA) is 65.7 Å². The van der Waals surface area contributed by atoms with Gasteiger partial charge < -0.3 is 13.9 Å². The maximum absolute atomic E-state index is 13.6. The van der Waals surface area contributed by atoms with Crippen molar-refractivity contribution in [3.63, 3.8) is 0 Å². The lowest BCUT2D eigenvalue weighted by Crippen LogP contribution is -2.40. The fourth-order valence-electron chi connectivity index (χ4n) is 4.97. The van der Waals surface area contributed by atoms with Crippen LogP contribution in [0.1, 0.15) is 74.4 Å². The molecule has 29 heavy (non-hydrogen) atoms. The zero-order chi connectivity index (χ0) is 20.3. The molecule has 1 saturated carbocycles. The number of carbonyl (C=O) groups is 1. The van der Waals surface area contributed by atoms with Crippen LogP contribution in [-0.2, 0) is 6.42 Å². The highest BCUT2D eigenvalue weighted by molar-refractivity contribution is 6.14. The number of ketones is 1. The second-order valence-electron chi connectivity index (χ2n) is 8.94. The molecule has 0 N–H and O–H groups in total. The summed E-state index contributed by atoms with van der Waals surface area (Å²) in [5.74, 6) is 1.05. The van der Waals surface area contributed by atoms with Gasteiger partial charge in [-0.05, 0) is 57.2 Å². The lowest BCUT2D eigenvalue weighted by Gasteiger charge is -2.38. The zero-order valence-electron chi connectivity index (χ0n) is 17.2. The molecule has 152 valence electrons. The third-order valence-corrected chi connectivity index (χ3v) is 6.30. The summed E-state index contributed by atoms with van der Waals surface area (Å²) in [4.78, 5) is 25.9. The number of ether oxygens (including phenoxy) is 2. The molecule has 3 heterocycles. The van der Waals surface area contributed by atoms with Gasteiger partial charge in [-0.25, -0.2) is 4.79 Å². The van der Waals surface area contributed by atoms with E-state index in [1.807, 2.05) is 26.0 Å². The van der Waals surface area contributed by atoms with E-state index in [2.05, 4.69) is 6.92 Å². The van der Waals surface area contributed by atoms with Crippen molar-refractivity contribution in [2.24, 2.45) is 5.92 Å². The molecule has 0 bridgehead atoms. The van der Waals surface area contributed by atoms with Crippen LogP contribution in [0.2, 0.25) is 0 Å². The van der Waals surface area contributed by atoms with Crippen molar-refractivity contribution in [2.45, 2.75) is 71.0 Å². The molecule has 0 radical (unpaired) electrons. The van der Waals surface area contributed by atoms with Crippen molar-refractivity contribution in [3.05, 3.63) is 39.3 Å². The normalized spacial score (nSPS) is 24.3. The second-order valence-corrected chi connectivity index (χ2v) is 8.94. The molecule has 1 aliphatic carbocycles. The Bertz CT molecular complexity index is 1100. The van der Waals surface area contributed by atoms with E-state index in [1.165, 1.54) is 6.07 Å². The van der Waals surface area contributed by atoms with E-state index in [9.17, 15) is 9.59 Å². The molecule has 5 rings (SSSR count). The third kappa shape index (κ3) is 2.82. The van der Waals surface area contributed by atoms with Crippen molar-refractivity contribution in [2.75, 3.05) is 0 Å². The largest absolute Gasteiger partial charge is 0.488 e. The summed E-state index contributed by atoms with van der Waals surface area (Å²) in [7, 11) is 0. The van der Waals surface area contributed by atoms with Gasteiger partial charge in [0.05, 0.1) is 16.9 Å². The van der Waals surface area contributed by atoms with Crippen molar-refractivity contribution >= 4 is 22.8 Å². The fourth-order valence-corrected chi connectivity index (χ4v) is 4.97. The van der Waals surface area contributed by atoms with Gasteiger partial charge in [-0.2, -0.15) is 0 Å². The average molecular weight is 394 g/mol. The second kappa shape index (κ2) is 6.48. The van der Waals surface area contributed by atoms with Gasteiger partial charge in [0.15, 0.2) is 11.4 Å². The van der Waals surface area contributed by atoms with Gasteiger partial charge in [-0.1, -0.05) is 19.8 Å². The van der Waals surface area contributed by atoms with Crippen LogP contribution in [0.3, 0.4) is 0 Å².